The number of aryl methyl sites for hydroxylation is 1. The van der Waals surface area contributed by atoms with E-state index in [1.165, 1.54) is 6.07 Å². The van der Waals surface area contributed by atoms with Crippen molar-refractivity contribution in [3.05, 3.63) is 23.8 Å². The number of carbonyl (C=O) groups excluding carboxylic acids is 1. The first-order valence-corrected chi connectivity index (χ1v) is 7.25. The van der Waals surface area contributed by atoms with E-state index < -0.39 is 17.8 Å². The average molecular weight is 291 g/mol. The highest BCUT2D eigenvalue weighted by Crippen LogP contribution is 2.39. The Labute approximate surface area is 124 Å². The van der Waals surface area contributed by atoms with Crippen LogP contribution >= 0.6 is 0 Å². The number of rotatable bonds is 4. The molecule has 1 amide bonds. The number of hydrogen-bond donors (Lipinski definition) is 3. The van der Waals surface area contributed by atoms with Crippen molar-refractivity contribution in [2.24, 2.45) is 17.8 Å². The summed E-state index contributed by atoms with van der Waals surface area (Å²) in [5.74, 6) is -1.77. The van der Waals surface area contributed by atoms with Crippen molar-refractivity contribution in [1.82, 2.24) is 0 Å². The van der Waals surface area contributed by atoms with Gasteiger partial charge >= 0.3 is 5.97 Å². The summed E-state index contributed by atoms with van der Waals surface area (Å²) in [5, 5.41) is 21.5. The molecule has 0 spiro atoms. The molecule has 5 nitrogen and oxygen atoms in total. The molecule has 0 heterocycles. The molecular weight excluding hydrogens is 270 g/mol. The number of aliphatic carboxylic acids is 1. The second-order valence-corrected chi connectivity index (χ2v) is 5.79. The van der Waals surface area contributed by atoms with Gasteiger partial charge in [0.15, 0.2) is 0 Å². The van der Waals surface area contributed by atoms with Crippen LogP contribution in [0.25, 0.3) is 0 Å². The van der Waals surface area contributed by atoms with Crippen molar-refractivity contribution in [2.45, 2.75) is 33.1 Å². The maximum Gasteiger partial charge on any atom is 0.307 e. The van der Waals surface area contributed by atoms with Gasteiger partial charge in [-0.3, -0.25) is 9.59 Å². The van der Waals surface area contributed by atoms with Gasteiger partial charge in [0.1, 0.15) is 5.75 Å². The number of phenols is 1. The quantitative estimate of drug-likeness (QED) is 0.744. The standard InChI is InChI=1S/C16H21NO4/c1-3-10-7-12(13(8-10)16(20)21)15(19)17-11-4-5-14(18)9(2)6-11/h4-6,10,12-13,18H,3,7-8H2,1-2H3,(H,17,19)(H,20,21)/t10?,12-,13+/m0/s1. The minimum atomic E-state index is -0.895. The lowest BCUT2D eigenvalue weighted by molar-refractivity contribution is -0.145. The summed E-state index contributed by atoms with van der Waals surface area (Å²) in [6, 6.07) is 4.81. The first-order chi connectivity index (χ1) is 9.92. The van der Waals surface area contributed by atoms with E-state index in [1.54, 1.807) is 19.1 Å². The van der Waals surface area contributed by atoms with Crippen LogP contribution in [0.15, 0.2) is 18.2 Å². The maximum absolute atomic E-state index is 12.4. The van der Waals surface area contributed by atoms with E-state index in [2.05, 4.69) is 5.32 Å². The Balaban J connectivity index is 2.11. The molecule has 1 unspecified atom stereocenters. The highest BCUT2D eigenvalue weighted by atomic mass is 16.4. The van der Waals surface area contributed by atoms with E-state index in [4.69, 9.17) is 0 Å². The van der Waals surface area contributed by atoms with Gasteiger partial charge in [0.25, 0.3) is 0 Å². The van der Waals surface area contributed by atoms with Crippen LogP contribution in [0.2, 0.25) is 0 Å². The van der Waals surface area contributed by atoms with Gasteiger partial charge < -0.3 is 15.5 Å². The summed E-state index contributed by atoms with van der Waals surface area (Å²) in [4.78, 5) is 23.7. The fourth-order valence-corrected chi connectivity index (χ4v) is 3.01. The zero-order valence-corrected chi connectivity index (χ0v) is 12.3. The highest BCUT2D eigenvalue weighted by Gasteiger charge is 2.42. The maximum atomic E-state index is 12.4. The fraction of sp³-hybridized carbons (Fsp3) is 0.500. The van der Waals surface area contributed by atoms with Gasteiger partial charge in [0, 0.05) is 5.69 Å². The third-order valence-electron chi connectivity index (χ3n) is 4.36. The molecular formula is C16H21NO4. The zero-order chi connectivity index (χ0) is 15.6. The molecule has 1 aromatic carbocycles. The molecule has 1 saturated carbocycles. The molecule has 0 radical (unpaired) electrons. The van der Waals surface area contributed by atoms with Gasteiger partial charge in [-0.1, -0.05) is 13.3 Å². The Morgan fingerprint density at radius 3 is 2.52 bits per heavy atom. The molecule has 21 heavy (non-hydrogen) atoms. The third kappa shape index (κ3) is 3.35. The average Bonchev–Trinajstić information content (AvgIpc) is 2.87. The van der Waals surface area contributed by atoms with Gasteiger partial charge in [0.2, 0.25) is 5.91 Å². The molecule has 0 bridgehead atoms. The predicted molar refractivity (Wildman–Crippen MR) is 79.1 cm³/mol. The Morgan fingerprint density at radius 1 is 1.29 bits per heavy atom. The van der Waals surface area contributed by atoms with Crippen molar-refractivity contribution in [1.29, 1.82) is 0 Å². The lowest BCUT2D eigenvalue weighted by Crippen LogP contribution is -2.30. The minimum Gasteiger partial charge on any atom is -0.508 e. The smallest absolute Gasteiger partial charge is 0.307 e. The summed E-state index contributed by atoms with van der Waals surface area (Å²) in [6.45, 7) is 3.76. The summed E-state index contributed by atoms with van der Waals surface area (Å²) in [7, 11) is 0. The van der Waals surface area contributed by atoms with Crippen LogP contribution in [0.5, 0.6) is 5.75 Å². The van der Waals surface area contributed by atoms with Gasteiger partial charge in [-0.15, -0.1) is 0 Å². The van der Waals surface area contributed by atoms with Crippen molar-refractivity contribution in [2.75, 3.05) is 5.32 Å². The van der Waals surface area contributed by atoms with Gasteiger partial charge in [-0.05, 0) is 49.4 Å². The zero-order valence-electron chi connectivity index (χ0n) is 12.3. The Bertz CT molecular complexity index is 555. The number of carboxylic acid groups (broad SMARTS) is 1. The first kappa shape index (κ1) is 15.4. The summed E-state index contributed by atoms with van der Waals surface area (Å²) >= 11 is 0. The van der Waals surface area contributed by atoms with E-state index in [9.17, 15) is 19.8 Å². The largest absolute Gasteiger partial charge is 0.508 e. The Hall–Kier alpha value is -2.04. The van der Waals surface area contributed by atoms with Crippen LogP contribution < -0.4 is 5.32 Å². The van der Waals surface area contributed by atoms with Crippen LogP contribution in [-0.2, 0) is 9.59 Å². The second-order valence-electron chi connectivity index (χ2n) is 5.79. The lowest BCUT2D eigenvalue weighted by Gasteiger charge is -2.16. The monoisotopic (exact) mass is 291 g/mol. The molecule has 1 fully saturated rings. The van der Waals surface area contributed by atoms with E-state index in [-0.39, 0.29) is 11.7 Å². The number of aromatic hydroxyl groups is 1. The second kappa shape index (κ2) is 6.16. The van der Waals surface area contributed by atoms with Crippen molar-refractivity contribution in [3.63, 3.8) is 0 Å². The molecule has 0 saturated heterocycles. The number of carboxylic acids is 1. The van der Waals surface area contributed by atoms with E-state index >= 15 is 0 Å². The Morgan fingerprint density at radius 2 is 1.95 bits per heavy atom. The number of hydrogen-bond acceptors (Lipinski definition) is 3. The number of nitrogens with one attached hydrogen (secondary N) is 1. The first-order valence-electron chi connectivity index (χ1n) is 7.25. The summed E-state index contributed by atoms with van der Waals surface area (Å²) in [5.41, 5.74) is 1.25. The number of amides is 1. The molecule has 5 heteroatoms. The number of phenolic OH excluding ortho intramolecular Hbond substituents is 1. The van der Waals surface area contributed by atoms with Crippen LogP contribution in [-0.4, -0.2) is 22.1 Å². The van der Waals surface area contributed by atoms with E-state index in [0.29, 0.717) is 30.0 Å². The number of benzene rings is 1. The molecule has 3 atom stereocenters. The van der Waals surface area contributed by atoms with Crippen LogP contribution in [0.4, 0.5) is 5.69 Å². The molecule has 114 valence electrons. The van der Waals surface area contributed by atoms with Crippen molar-refractivity contribution >= 4 is 17.6 Å². The fourth-order valence-electron chi connectivity index (χ4n) is 3.01. The lowest BCUT2D eigenvalue weighted by atomic mass is 9.95. The molecule has 0 aliphatic heterocycles. The summed E-state index contributed by atoms with van der Waals surface area (Å²) in [6.07, 6.45) is 2.08. The van der Waals surface area contributed by atoms with Crippen molar-refractivity contribution < 1.29 is 19.8 Å². The van der Waals surface area contributed by atoms with Crippen LogP contribution in [0.3, 0.4) is 0 Å². The van der Waals surface area contributed by atoms with Crippen LogP contribution in [0, 0.1) is 24.7 Å². The summed E-state index contributed by atoms with van der Waals surface area (Å²) < 4.78 is 0. The van der Waals surface area contributed by atoms with E-state index in [0.717, 1.165) is 6.42 Å². The highest BCUT2D eigenvalue weighted by molar-refractivity contribution is 5.95. The molecule has 3 N–H and O–H groups in total. The molecule has 1 aliphatic rings. The number of carbonyl (C=O) groups is 2. The van der Waals surface area contributed by atoms with Crippen molar-refractivity contribution in [3.8, 4) is 5.75 Å². The topological polar surface area (TPSA) is 86.6 Å². The Kier molecular flexibility index (Phi) is 4.50. The molecule has 2 rings (SSSR count). The van der Waals surface area contributed by atoms with E-state index in [1.807, 2.05) is 6.92 Å². The molecule has 1 aliphatic carbocycles. The van der Waals surface area contributed by atoms with Gasteiger partial charge in [0.05, 0.1) is 11.8 Å². The molecule has 1 aromatic rings. The van der Waals surface area contributed by atoms with Gasteiger partial charge in [-0.25, -0.2) is 0 Å². The minimum absolute atomic E-state index is 0.170. The normalized spacial score (nSPS) is 24.8. The SMILES string of the molecule is CCC1C[C@H](C(=O)Nc2ccc(O)c(C)c2)[C@H](C(=O)O)C1. The predicted octanol–water partition coefficient (Wildman–Crippen LogP) is 2.78. The van der Waals surface area contributed by atoms with Crippen LogP contribution in [0.1, 0.15) is 31.7 Å². The number of anilines is 1. The molecule has 0 aromatic heterocycles. The van der Waals surface area contributed by atoms with Gasteiger partial charge in [-0.2, -0.15) is 0 Å². The third-order valence-corrected chi connectivity index (χ3v) is 4.36.